The van der Waals surface area contributed by atoms with E-state index in [0.717, 1.165) is 12.1 Å². The van der Waals surface area contributed by atoms with Crippen LogP contribution in [0.15, 0.2) is 24.4 Å². The van der Waals surface area contributed by atoms with E-state index in [1.807, 2.05) is 0 Å². The van der Waals surface area contributed by atoms with E-state index >= 15 is 0 Å². The Morgan fingerprint density at radius 2 is 2.28 bits per heavy atom. The first-order chi connectivity index (χ1) is 8.60. The summed E-state index contributed by atoms with van der Waals surface area (Å²) >= 11 is 0. The van der Waals surface area contributed by atoms with Crippen LogP contribution in [0.5, 0.6) is 0 Å². The van der Waals surface area contributed by atoms with E-state index in [1.165, 1.54) is 16.9 Å². The topological polar surface area (TPSA) is 90.9 Å². The van der Waals surface area contributed by atoms with E-state index in [9.17, 15) is 19.3 Å². The van der Waals surface area contributed by atoms with E-state index in [4.69, 9.17) is 0 Å². The van der Waals surface area contributed by atoms with Crippen LogP contribution in [0.3, 0.4) is 0 Å². The quantitative estimate of drug-likeness (QED) is 0.461. The van der Waals surface area contributed by atoms with Crippen molar-refractivity contribution in [3.8, 4) is 0 Å². The second kappa shape index (κ2) is 4.70. The van der Waals surface area contributed by atoms with Crippen molar-refractivity contribution in [2.24, 2.45) is 0 Å². The van der Waals surface area contributed by atoms with Gasteiger partial charge in [-0.25, -0.2) is 4.68 Å². The molecule has 0 N–H and O–H groups in total. The van der Waals surface area contributed by atoms with Gasteiger partial charge in [0, 0.05) is 6.07 Å². The summed E-state index contributed by atoms with van der Waals surface area (Å²) in [6.45, 7) is 0.176. The largest absolute Gasteiger partial charge is 0.304 e. The second-order valence-electron chi connectivity index (χ2n) is 3.50. The first-order valence-corrected chi connectivity index (χ1v) is 4.88. The summed E-state index contributed by atoms with van der Waals surface area (Å²) in [7, 11) is 0. The Morgan fingerprint density at radius 1 is 1.50 bits per heavy atom. The van der Waals surface area contributed by atoms with Crippen LogP contribution in [-0.4, -0.2) is 26.2 Å². The molecule has 0 atom stereocenters. The average Bonchev–Trinajstić information content (AvgIpc) is 2.76. The van der Waals surface area contributed by atoms with Gasteiger partial charge in [-0.15, -0.1) is 5.10 Å². The molecule has 8 heteroatoms. The van der Waals surface area contributed by atoms with Crippen LogP contribution < -0.4 is 0 Å². The van der Waals surface area contributed by atoms with Crippen molar-refractivity contribution < 1.29 is 14.1 Å². The number of benzene rings is 1. The van der Waals surface area contributed by atoms with Crippen molar-refractivity contribution in [1.82, 2.24) is 15.0 Å². The molecule has 0 saturated heterocycles. The van der Waals surface area contributed by atoms with Crippen molar-refractivity contribution in [2.75, 3.05) is 0 Å². The Morgan fingerprint density at radius 3 is 2.83 bits per heavy atom. The van der Waals surface area contributed by atoms with E-state index in [0.29, 0.717) is 11.8 Å². The minimum absolute atomic E-state index is 0.164. The zero-order chi connectivity index (χ0) is 13.1. The molecular weight excluding hydrogens is 243 g/mol. The molecule has 0 amide bonds. The number of carbonyl (C=O) groups excluding carboxylic acids is 1. The van der Waals surface area contributed by atoms with Crippen LogP contribution in [0.1, 0.15) is 16.1 Å². The highest BCUT2D eigenvalue weighted by atomic mass is 19.1. The molecule has 0 spiro atoms. The average molecular weight is 250 g/mol. The zero-order valence-electron chi connectivity index (χ0n) is 8.99. The van der Waals surface area contributed by atoms with E-state index < -0.39 is 16.4 Å². The lowest BCUT2D eigenvalue weighted by Crippen LogP contribution is -2.02. The molecule has 0 aliphatic heterocycles. The standard InChI is InChI=1S/C10H7FN4O3/c11-9-3-7(1-2-10(9)15(17)18)4-14-5-8(6-16)12-13-14/h1-3,5-6H,4H2. The van der Waals surface area contributed by atoms with Crippen LogP contribution in [0.2, 0.25) is 0 Å². The molecule has 0 bridgehead atoms. The maximum Gasteiger partial charge on any atom is 0.304 e. The van der Waals surface area contributed by atoms with Gasteiger partial charge in [0.1, 0.15) is 5.69 Å². The number of rotatable bonds is 4. The number of nitrogens with zero attached hydrogens (tertiary/aromatic N) is 4. The van der Waals surface area contributed by atoms with Gasteiger partial charge in [-0.05, 0) is 11.6 Å². The summed E-state index contributed by atoms with van der Waals surface area (Å²) in [5.74, 6) is -0.909. The summed E-state index contributed by atoms with van der Waals surface area (Å²) in [6.07, 6.45) is 1.94. The molecule has 1 aromatic carbocycles. The highest BCUT2D eigenvalue weighted by Gasteiger charge is 2.13. The van der Waals surface area contributed by atoms with Gasteiger partial charge in [0.25, 0.3) is 0 Å². The lowest BCUT2D eigenvalue weighted by molar-refractivity contribution is -0.387. The maximum atomic E-state index is 13.3. The molecule has 2 rings (SSSR count). The summed E-state index contributed by atoms with van der Waals surface area (Å²) in [4.78, 5) is 20.0. The normalized spacial score (nSPS) is 10.3. The van der Waals surface area contributed by atoms with Gasteiger partial charge in [-0.3, -0.25) is 14.9 Å². The van der Waals surface area contributed by atoms with Crippen LogP contribution in [0, 0.1) is 15.9 Å². The number of hydrogen-bond acceptors (Lipinski definition) is 5. The van der Waals surface area contributed by atoms with E-state index in [-0.39, 0.29) is 12.2 Å². The van der Waals surface area contributed by atoms with Crippen LogP contribution in [0.4, 0.5) is 10.1 Å². The number of aldehydes is 1. The van der Waals surface area contributed by atoms with Gasteiger partial charge < -0.3 is 0 Å². The highest BCUT2D eigenvalue weighted by Crippen LogP contribution is 2.18. The Bertz CT molecular complexity index is 611. The molecule has 7 nitrogen and oxygen atoms in total. The van der Waals surface area contributed by atoms with E-state index in [2.05, 4.69) is 10.3 Å². The number of nitro benzene ring substituents is 1. The van der Waals surface area contributed by atoms with Crippen LogP contribution >= 0.6 is 0 Å². The molecule has 2 aromatic rings. The number of aromatic nitrogens is 3. The Balaban J connectivity index is 2.22. The summed E-state index contributed by atoms with van der Waals surface area (Å²) < 4.78 is 14.7. The third kappa shape index (κ3) is 2.37. The number of carbonyl (C=O) groups is 1. The molecular formula is C10H7FN4O3. The first kappa shape index (κ1) is 11.8. The molecule has 0 radical (unpaired) electrons. The van der Waals surface area contributed by atoms with Crippen molar-refractivity contribution in [1.29, 1.82) is 0 Å². The molecule has 0 fully saturated rings. The summed E-state index contributed by atoms with van der Waals surface area (Å²) in [6, 6.07) is 3.56. The lowest BCUT2D eigenvalue weighted by atomic mass is 10.2. The maximum absolute atomic E-state index is 13.3. The van der Waals surface area contributed by atoms with Gasteiger partial charge >= 0.3 is 5.69 Å². The molecule has 0 aliphatic carbocycles. The molecule has 92 valence electrons. The fraction of sp³-hybridized carbons (Fsp3) is 0.100. The van der Waals surface area contributed by atoms with Gasteiger partial charge in [0.2, 0.25) is 5.82 Å². The van der Waals surface area contributed by atoms with Crippen molar-refractivity contribution in [2.45, 2.75) is 6.54 Å². The minimum atomic E-state index is -0.909. The van der Waals surface area contributed by atoms with Gasteiger partial charge in [-0.1, -0.05) is 11.3 Å². The number of hydrogen-bond donors (Lipinski definition) is 0. The van der Waals surface area contributed by atoms with Crippen molar-refractivity contribution in [3.63, 3.8) is 0 Å². The molecule has 0 saturated carbocycles. The third-order valence-electron chi connectivity index (χ3n) is 2.23. The summed E-state index contributed by atoms with van der Waals surface area (Å²) in [5, 5.41) is 17.6. The third-order valence-corrected chi connectivity index (χ3v) is 2.23. The minimum Gasteiger partial charge on any atom is -0.296 e. The fourth-order valence-electron chi connectivity index (χ4n) is 1.43. The SMILES string of the molecule is O=Cc1cn(Cc2ccc([N+](=O)[O-])c(F)c2)nn1. The first-order valence-electron chi connectivity index (χ1n) is 4.88. The van der Waals surface area contributed by atoms with E-state index in [1.54, 1.807) is 0 Å². The lowest BCUT2D eigenvalue weighted by Gasteiger charge is -2.01. The van der Waals surface area contributed by atoms with Crippen LogP contribution in [-0.2, 0) is 6.54 Å². The predicted molar refractivity (Wildman–Crippen MR) is 57.6 cm³/mol. The van der Waals surface area contributed by atoms with Crippen LogP contribution in [0.25, 0.3) is 0 Å². The Kier molecular flexibility index (Phi) is 3.09. The predicted octanol–water partition coefficient (Wildman–Crippen LogP) is 1.19. The smallest absolute Gasteiger partial charge is 0.296 e. The monoisotopic (exact) mass is 250 g/mol. The van der Waals surface area contributed by atoms with Gasteiger partial charge in [0.15, 0.2) is 6.29 Å². The Labute approximate surface area is 100.0 Å². The molecule has 0 unspecified atom stereocenters. The highest BCUT2D eigenvalue weighted by molar-refractivity contribution is 5.70. The van der Waals surface area contributed by atoms with Crippen molar-refractivity contribution >= 4 is 12.0 Å². The molecule has 0 aliphatic rings. The number of nitro groups is 1. The Hall–Kier alpha value is -2.64. The molecule has 18 heavy (non-hydrogen) atoms. The zero-order valence-corrected chi connectivity index (χ0v) is 8.99. The fourth-order valence-corrected chi connectivity index (χ4v) is 1.43. The summed E-state index contributed by atoms with van der Waals surface area (Å²) in [5.41, 5.74) is 0.0729. The molecule has 1 heterocycles. The molecule has 1 aromatic heterocycles. The second-order valence-corrected chi connectivity index (χ2v) is 3.50. The number of halogens is 1. The van der Waals surface area contributed by atoms with Gasteiger partial charge in [0.05, 0.1) is 17.7 Å². The van der Waals surface area contributed by atoms with Gasteiger partial charge in [-0.2, -0.15) is 4.39 Å². The van der Waals surface area contributed by atoms with Crippen molar-refractivity contribution in [3.05, 3.63) is 51.6 Å².